The first-order valence-corrected chi connectivity index (χ1v) is 8.41. The summed E-state index contributed by atoms with van der Waals surface area (Å²) in [4.78, 5) is 20.1. The molecule has 0 fully saturated rings. The van der Waals surface area contributed by atoms with Crippen molar-refractivity contribution in [1.29, 1.82) is 0 Å². The highest BCUT2D eigenvalue weighted by Gasteiger charge is 2.06. The maximum absolute atomic E-state index is 11.7. The van der Waals surface area contributed by atoms with Crippen molar-refractivity contribution >= 4 is 11.9 Å². The summed E-state index contributed by atoms with van der Waals surface area (Å²) in [5.74, 6) is 1.21. The molecule has 1 heterocycles. The molecule has 0 aliphatic carbocycles. The van der Waals surface area contributed by atoms with Crippen LogP contribution < -0.4 is 20.7 Å². The number of benzene rings is 1. The van der Waals surface area contributed by atoms with Crippen molar-refractivity contribution in [2.75, 3.05) is 27.7 Å². The normalized spacial score (nSPS) is 11.0. The number of nitrogens with one attached hydrogen (secondary N) is 3. The molecule has 1 amide bonds. The van der Waals surface area contributed by atoms with Crippen LogP contribution in [-0.4, -0.2) is 44.6 Å². The fraction of sp³-hybridized carbons (Fsp3) is 0.316. The van der Waals surface area contributed by atoms with E-state index in [0.717, 1.165) is 17.5 Å². The minimum Gasteiger partial charge on any atom is -0.481 e. The summed E-state index contributed by atoms with van der Waals surface area (Å²) in [5, 5.41) is 9.14. The Labute approximate surface area is 153 Å². The van der Waals surface area contributed by atoms with Gasteiger partial charge < -0.3 is 20.7 Å². The smallest absolute Gasteiger partial charge is 0.251 e. The number of aromatic nitrogens is 1. The molecule has 138 valence electrons. The Morgan fingerprint density at radius 3 is 2.81 bits per heavy atom. The zero-order chi connectivity index (χ0) is 18.8. The second-order valence-electron chi connectivity index (χ2n) is 5.55. The van der Waals surface area contributed by atoms with Crippen molar-refractivity contribution in [3.8, 4) is 5.88 Å². The van der Waals surface area contributed by atoms with Gasteiger partial charge in [0.2, 0.25) is 5.88 Å². The van der Waals surface area contributed by atoms with E-state index in [1.165, 1.54) is 0 Å². The SMILES string of the molecule is CN=C(NCCc1cccc(C(=O)NC)c1)NCc1cccnc1OC. The van der Waals surface area contributed by atoms with E-state index in [2.05, 4.69) is 25.9 Å². The van der Waals surface area contributed by atoms with Gasteiger partial charge in [-0.1, -0.05) is 18.2 Å². The number of carbonyl (C=O) groups is 1. The van der Waals surface area contributed by atoms with E-state index in [1.807, 2.05) is 30.3 Å². The number of amides is 1. The minimum absolute atomic E-state index is 0.0808. The van der Waals surface area contributed by atoms with Gasteiger partial charge in [0.05, 0.1) is 7.11 Å². The van der Waals surface area contributed by atoms with E-state index in [9.17, 15) is 4.79 Å². The van der Waals surface area contributed by atoms with Crippen LogP contribution in [0, 0.1) is 0 Å². The standard InChI is InChI=1S/C19H25N5O2/c1-20-17(25)15-7-4-6-14(12-15)9-11-23-19(21-2)24-13-16-8-5-10-22-18(16)26-3/h4-8,10,12H,9,11,13H2,1-3H3,(H,20,25)(H2,21,23,24). The third-order valence-electron chi connectivity index (χ3n) is 3.84. The first kappa shape index (κ1) is 19.2. The average molecular weight is 355 g/mol. The monoisotopic (exact) mass is 355 g/mol. The van der Waals surface area contributed by atoms with Crippen LogP contribution in [0.2, 0.25) is 0 Å². The number of aliphatic imine (C=N–C) groups is 1. The predicted molar refractivity (Wildman–Crippen MR) is 103 cm³/mol. The molecule has 26 heavy (non-hydrogen) atoms. The van der Waals surface area contributed by atoms with Crippen LogP contribution in [0.15, 0.2) is 47.6 Å². The van der Waals surface area contributed by atoms with Gasteiger partial charge in [0, 0.05) is 44.5 Å². The van der Waals surface area contributed by atoms with Gasteiger partial charge in [0.1, 0.15) is 0 Å². The maximum atomic E-state index is 11.7. The summed E-state index contributed by atoms with van der Waals surface area (Å²) in [6.45, 7) is 1.25. The van der Waals surface area contributed by atoms with E-state index in [0.29, 0.717) is 30.5 Å². The number of carbonyl (C=O) groups excluding carboxylic acids is 1. The average Bonchev–Trinajstić information content (AvgIpc) is 2.70. The molecular formula is C19H25N5O2. The molecule has 1 aromatic heterocycles. The van der Waals surface area contributed by atoms with E-state index in [-0.39, 0.29) is 5.91 Å². The fourth-order valence-electron chi connectivity index (χ4n) is 2.48. The summed E-state index contributed by atoms with van der Waals surface area (Å²) < 4.78 is 5.25. The zero-order valence-electron chi connectivity index (χ0n) is 15.4. The molecule has 0 aliphatic heterocycles. The third-order valence-corrected chi connectivity index (χ3v) is 3.84. The first-order chi connectivity index (χ1) is 12.7. The van der Waals surface area contributed by atoms with Crippen molar-refractivity contribution in [2.24, 2.45) is 4.99 Å². The Morgan fingerprint density at radius 1 is 1.23 bits per heavy atom. The highest BCUT2D eigenvalue weighted by Crippen LogP contribution is 2.12. The van der Waals surface area contributed by atoms with Crippen molar-refractivity contribution < 1.29 is 9.53 Å². The molecule has 0 aliphatic rings. The van der Waals surface area contributed by atoms with Crippen molar-refractivity contribution in [3.63, 3.8) is 0 Å². The van der Waals surface area contributed by atoms with E-state index in [4.69, 9.17) is 4.74 Å². The summed E-state index contributed by atoms with van der Waals surface area (Å²) >= 11 is 0. The second-order valence-corrected chi connectivity index (χ2v) is 5.55. The quantitative estimate of drug-likeness (QED) is 0.516. The van der Waals surface area contributed by atoms with Gasteiger partial charge in [-0.3, -0.25) is 9.79 Å². The molecule has 0 radical (unpaired) electrons. The molecule has 7 heteroatoms. The highest BCUT2D eigenvalue weighted by molar-refractivity contribution is 5.94. The lowest BCUT2D eigenvalue weighted by molar-refractivity contribution is 0.0963. The van der Waals surface area contributed by atoms with E-state index in [1.54, 1.807) is 33.5 Å². The minimum atomic E-state index is -0.0808. The Kier molecular flexibility index (Phi) is 7.42. The molecule has 0 spiro atoms. The van der Waals surface area contributed by atoms with Gasteiger partial charge in [-0.25, -0.2) is 4.98 Å². The molecular weight excluding hydrogens is 330 g/mol. The molecule has 0 bridgehead atoms. The Morgan fingerprint density at radius 2 is 2.08 bits per heavy atom. The zero-order valence-corrected chi connectivity index (χ0v) is 15.4. The maximum Gasteiger partial charge on any atom is 0.251 e. The summed E-state index contributed by atoms with van der Waals surface area (Å²) in [7, 11) is 4.96. The molecule has 2 rings (SSSR count). The predicted octanol–water partition coefficient (Wildman–Crippen LogP) is 1.36. The lowest BCUT2D eigenvalue weighted by Crippen LogP contribution is -2.38. The van der Waals surface area contributed by atoms with Gasteiger partial charge in [-0.15, -0.1) is 0 Å². The van der Waals surface area contributed by atoms with Crippen LogP contribution in [-0.2, 0) is 13.0 Å². The van der Waals surface area contributed by atoms with Crippen LogP contribution in [0.4, 0.5) is 0 Å². The largest absolute Gasteiger partial charge is 0.481 e. The molecule has 0 unspecified atom stereocenters. The van der Waals surface area contributed by atoms with Gasteiger partial charge >= 0.3 is 0 Å². The number of ether oxygens (including phenoxy) is 1. The molecule has 7 nitrogen and oxygen atoms in total. The topological polar surface area (TPSA) is 87.6 Å². The van der Waals surface area contributed by atoms with Crippen LogP contribution in [0.25, 0.3) is 0 Å². The van der Waals surface area contributed by atoms with E-state index >= 15 is 0 Å². The lowest BCUT2D eigenvalue weighted by atomic mass is 10.1. The Bertz CT molecular complexity index is 761. The van der Waals surface area contributed by atoms with Crippen LogP contribution in [0.5, 0.6) is 5.88 Å². The van der Waals surface area contributed by atoms with Crippen LogP contribution >= 0.6 is 0 Å². The number of hydrogen-bond acceptors (Lipinski definition) is 4. The highest BCUT2D eigenvalue weighted by atomic mass is 16.5. The lowest BCUT2D eigenvalue weighted by Gasteiger charge is -2.13. The molecule has 0 saturated carbocycles. The van der Waals surface area contributed by atoms with Crippen molar-refractivity contribution in [1.82, 2.24) is 20.9 Å². The molecule has 1 aromatic carbocycles. The number of nitrogens with zero attached hydrogens (tertiary/aromatic N) is 2. The van der Waals surface area contributed by atoms with Gasteiger partial charge in [0.15, 0.2) is 5.96 Å². The first-order valence-electron chi connectivity index (χ1n) is 8.41. The van der Waals surface area contributed by atoms with Crippen LogP contribution in [0.3, 0.4) is 0 Å². The van der Waals surface area contributed by atoms with Gasteiger partial charge in [-0.2, -0.15) is 0 Å². The van der Waals surface area contributed by atoms with Gasteiger partial charge in [-0.05, 0) is 30.2 Å². The van der Waals surface area contributed by atoms with Gasteiger partial charge in [0.25, 0.3) is 5.91 Å². The Hall–Kier alpha value is -3.09. The van der Waals surface area contributed by atoms with Crippen molar-refractivity contribution in [3.05, 3.63) is 59.3 Å². The number of hydrogen-bond donors (Lipinski definition) is 3. The molecule has 0 atom stereocenters. The molecule has 2 aromatic rings. The van der Waals surface area contributed by atoms with Crippen LogP contribution in [0.1, 0.15) is 21.5 Å². The second kappa shape index (κ2) is 10.0. The molecule has 0 saturated heterocycles. The molecule has 3 N–H and O–H groups in total. The van der Waals surface area contributed by atoms with Crippen molar-refractivity contribution in [2.45, 2.75) is 13.0 Å². The summed E-state index contributed by atoms with van der Waals surface area (Å²) in [5.41, 5.74) is 2.70. The summed E-state index contributed by atoms with van der Waals surface area (Å²) in [6, 6.07) is 11.4. The summed E-state index contributed by atoms with van der Waals surface area (Å²) in [6.07, 6.45) is 2.48. The van der Waals surface area contributed by atoms with E-state index < -0.39 is 0 Å². The number of guanidine groups is 1. The third kappa shape index (κ3) is 5.47. The Balaban J connectivity index is 1.85. The number of pyridine rings is 1. The number of rotatable bonds is 7. The fourth-order valence-corrected chi connectivity index (χ4v) is 2.48. The number of methoxy groups -OCH3 is 1.